The van der Waals surface area contributed by atoms with Crippen LogP contribution in [0.2, 0.25) is 0 Å². The average molecular weight is 496 g/mol. The lowest BCUT2D eigenvalue weighted by atomic mass is 10.0. The molecule has 1 aromatic heterocycles. The second kappa shape index (κ2) is 12.0. The SMILES string of the molecule is CCOc1ccc(-c2noc(CCC(=O)N[C@H](C)c3cc(F)ccc3N3CCN(CC)CC3)n2)cc1. The van der Waals surface area contributed by atoms with Crippen molar-refractivity contribution < 1.29 is 18.4 Å². The highest BCUT2D eigenvalue weighted by Gasteiger charge is 2.22. The molecule has 4 rings (SSSR count). The second-order valence-electron chi connectivity index (χ2n) is 8.88. The van der Waals surface area contributed by atoms with Crippen LogP contribution in [-0.4, -0.2) is 60.3 Å². The summed E-state index contributed by atoms with van der Waals surface area (Å²) in [6.07, 6.45) is 0.507. The molecule has 36 heavy (non-hydrogen) atoms. The zero-order valence-corrected chi connectivity index (χ0v) is 21.2. The van der Waals surface area contributed by atoms with Gasteiger partial charge in [0.25, 0.3) is 0 Å². The number of likely N-dealkylation sites (N-methyl/N-ethyl adjacent to an activating group) is 1. The fourth-order valence-corrected chi connectivity index (χ4v) is 4.42. The van der Waals surface area contributed by atoms with Crippen LogP contribution in [0.3, 0.4) is 0 Å². The van der Waals surface area contributed by atoms with E-state index in [9.17, 15) is 9.18 Å². The first-order valence-electron chi connectivity index (χ1n) is 12.6. The number of hydrogen-bond acceptors (Lipinski definition) is 7. The van der Waals surface area contributed by atoms with Crippen LogP contribution in [-0.2, 0) is 11.2 Å². The maximum absolute atomic E-state index is 14.1. The molecule has 1 amide bonds. The topological polar surface area (TPSA) is 83.7 Å². The predicted molar refractivity (Wildman–Crippen MR) is 137 cm³/mol. The Morgan fingerprint density at radius 1 is 1.14 bits per heavy atom. The van der Waals surface area contributed by atoms with Crippen LogP contribution < -0.4 is 15.0 Å². The van der Waals surface area contributed by atoms with Crippen molar-refractivity contribution in [3.63, 3.8) is 0 Å². The number of nitrogens with zero attached hydrogens (tertiary/aromatic N) is 4. The highest BCUT2D eigenvalue weighted by atomic mass is 19.1. The Labute approximate surface area is 211 Å². The molecule has 1 fully saturated rings. The number of anilines is 1. The standard InChI is InChI=1S/C27H34FN5O3/c1-4-32-14-16-33(17-15-32)24-11-8-21(28)18-23(24)19(3)29-25(34)12-13-26-30-27(31-36-26)20-6-9-22(10-7-20)35-5-2/h6-11,18-19H,4-5,12-17H2,1-3H3,(H,29,34)/t19-/m1/s1. The molecule has 1 atom stereocenters. The summed E-state index contributed by atoms with van der Waals surface area (Å²) < 4.78 is 24.9. The van der Waals surface area contributed by atoms with Crippen molar-refractivity contribution in [1.29, 1.82) is 0 Å². The largest absolute Gasteiger partial charge is 0.494 e. The first kappa shape index (κ1) is 25.6. The highest BCUT2D eigenvalue weighted by molar-refractivity contribution is 5.77. The summed E-state index contributed by atoms with van der Waals surface area (Å²) in [6, 6.07) is 11.9. The number of carbonyl (C=O) groups is 1. The van der Waals surface area contributed by atoms with Gasteiger partial charge in [-0.2, -0.15) is 4.98 Å². The Morgan fingerprint density at radius 3 is 2.58 bits per heavy atom. The number of rotatable bonds is 10. The van der Waals surface area contributed by atoms with Gasteiger partial charge >= 0.3 is 0 Å². The quantitative estimate of drug-likeness (QED) is 0.451. The molecule has 1 N–H and O–H groups in total. The van der Waals surface area contributed by atoms with Gasteiger partial charge in [0.1, 0.15) is 11.6 Å². The number of aromatic nitrogens is 2. The number of amides is 1. The second-order valence-corrected chi connectivity index (χ2v) is 8.88. The summed E-state index contributed by atoms with van der Waals surface area (Å²) in [5.41, 5.74) is 2.56. The van der Waals surface area contributed by atoms with Gasteiger partial charge < -0.3 is 24.4 Å². The normalized spacial score (nSPS) is 15.1. The van der Waals surface area contributed by atoms with Crippen molar-refractivity contribution in [1.82, 2.24) is 20.4 Å². The Morgan fingerprint density at radius 2 is 1.89 bits per heavy atom. The van der Waals surface area contributed by atoms with Crippen LogP contribution in [0.5, 0.6) is 5.75 Å². The van der Waals surface area contributed by atoms with E-state index in [1.165, 1.54) is 12.1 Å². The van der Waals surface area contributed by atoms with Crippen molar-refractivity contribution in [3.8, 4) is 17.1 Å². The van der Waals surface area contributed by atoms with Crippen molar-refractivity contribution in [3.05, 3.63) is 59.7 Å². The third-order valence-corrected chi connectivity index (χ3v) is 6.45. The smallest absolute Gasteiger partial charge is 0.227 e. The van der Waals surface area contributed by atoms with Crippen LogP contribution >= 0.6 is 0 Å². The van der Waals surface area contributed by atoms with Crippen LogP contribution in [0.1, 0.15) is 44.7 Å². The van der Waals surface area contributed by atoms with E-state index in [1.807, 2.05) is 44.2 Å². The van der Waals surface area contributed by atoms with Crippen LogP contribution in [0.15, 0.2) is 47.0 Å². The third kappa shape index (κ3) is 6.40. The lowest BCUT2D eigenvalue weighted by Crippen LogP contribution is -2.46. The van der Waals surface area contributed by atoms with E-state index >= 15 is 0 Å². The van der Waals surface area contributed by atoms with E-state index in [2.05, 4.69) is 32.2 Å². The zero-order chi connectivity index (χ0) is 25.5. The van der Waals surface area contributed by atoms with Gasteiger partial charge in [0.05, 0.1) is 12.6 Å². The molecule has 0 unspecified atom stereocenters. The number of piperazine rings is 1. The molecule has 1 saturated heterocycles. The van der Waals surface area contributed by atoms with Crippen molar-refractivity contribution in [2.75, 3.05) is 44.2 Å². The van der Waals surface area contributed by atoms with E-state index in [0.29, 0.717) is 24.7 Å². The van der Waals surface area contributed by atoms with Gasteiger partial charge in [-0.25, -0.2) is 4.39 Å². The first-order chi connectivity index (χ1) is 17.5. The minimum absolute atomic E-state index is 0.158. The van der Waals surface area contributed by atoms with Gasteiger partial charge in [-0.05, 0) is 62.9 Å². The Hall–Kier alpha value is -3.46. The number of carbonyl (C=O) groups excluding carboxylic acids is 1. The number of hydrogen-bond donors (Lipinski definition) is 1. The average Bonchev–Trinajstić information content (AvgIpc) is 3.37. The van der Waals surface area contributed by atoms with Crippen molar-refractivity contribution in [2.24, 2.45) is 0 Å². The Balaban J connectivity index is 1.34. The first-order valence-corrected chi connectivity index (χ1v) is 12.6. The third-order valence-electron chi connectivity index (χ3n) is 6.45. The fraction of sp³-hybridized carbons (Fsp3) is 0.444. The molecular formula is C27H34FN5O3. The van der Waals surface area contributed by atoms with Crippen LogP contribution in [0.25, 0.3) is 11.4 Å². The van der Waals surface area contributed by atoms with Crippen molar-refractivity contribution in [2.45, 2.75) is 39.7 Å². The van der Waals surface area contributed by atoms with Gasteiger partial charge in [-0.1, -0.05) is 12.1 Å². The molecule has 1 aliphatic heterocycles. The molecular weight excluding hydrogens is 461 g/mol. The predicted octanol–water partition coefficient (Wildman–Crippen LogP) is 4.23. The highest BCUT2D eigenvalue weighted by Crippen LogP contribution is 2.28. The summed E-state index contributed by atoms with van der Waals surface area (Å²) >= 11 is 0. The summed E-state index contributed by atoms with van der Waals surface area (Å²) in [4.78, 5) is 21.8. The summed E-state index contributed by atoms with van der Waals surface area (Å²) in [6.45, 7) is 11.3. The molecule has 8 nitrogen and oxygen atoms in total. The van der Waals surface area contributed by atoms with Crippen LogP contribution in [0.4, 0.5) is 10.1 Å². The molecule has 1 aliphatic rings. The number of halogens is 1. The van der Waals surface area contributed by atoms with Gasteiger partial charge in [0, 0.05) is 55.8 Å². The van der Waals surface area contributed by atoms with Crippen LogP contribution in [0, 0.1) is 5.82 Å². The number of ether oxygens (including phenoxy) is 1. The molecule has 2 aromatic carbocycles. The van der Waals surface area contributed by atoms with E-state index in [-0.39, 0.29) is 24.2 Å². The summed E-state index contributed by atoms with van der Waals surface area (Å²) in [5.74, 6) is 1.17. The summed E-state index contributed by atoms with van der Waals surface area (Å²) in [7, 11) is 0. The molecule has 9 heteroatoms. The minimum atomic E-state index is -0.338. The molecule has 0 saturated carbocycles. The maximum Gasteiger partial charge on any atom is 0.227 e. The molecule has 0 spiro atoms. The molecule has 192 valence electrons. The van der Waals surface area contributed by atoms with Gasteiger partial charge in [-0.3, -0.25) is 4.79 Å². The Bertz CT molecular complexity index is 1140. The molecule has 3 aromatic rings. The molecule has 0 bridgehead atoms. The minimum Gasteiger partial charge on any atom is -0.494 e. The van der Waals surface area contributed by atoms with E-state index in [0.717, 1.165) is 55.3 Å². The fourth-order valence-electron chi connectivity index (χ4n) is 4.42. The van der Waals surface area contributed by atoms with Gasteiger partial charge in [0.2, 0.25) is 17.6 Å². The molecule has 2 heterocycles. The van der Waals surface area contributed by atoms with E-state index in [4.69, 9.17) is 9.26 Å². The molecule has 0 radical (unpaired) electrons. The van der Waals surface area contributed by atoms with Gasteiger partial charge in [0.15, 0.2) is 0 Å². The monoisotopic (exact) mass is 495 g/mol. The van der Waals surface area contributed by atoms with E-state index in [1.54, 1.807) is 0 Å². The van der Waals surface area contributed by atoms with Gasteiger partial charge in [-0.15, -0.1) is 0 Å². The molecule has 0 aliphatic carbocycles. The number of aryl methyl sites for hydroxylation is 1. The number of nitrogens with one attached hydrogen (secondary N) is 1. The van der Waals surface area contributed by atoms with E-state index < -0.39 is 0 Å². The lowest BCUT2D eigenvalue weighted by Gasteiger charge is -2.37. The maximum atomic E-state index is 14.1. The lowest BCUT2D eigenvalue weighted by molar-refractivity contribution is -0.121. The zero-order valence-electron chi connectivity index (χ0n) is 21.2. The van der Waals surface area contributed by atoms with Crippen molar-refractivity contribution >= 4 is 11.6 Å². The summed E-state index contributed by atoms with van der Waals surface area (Å²) in [5, 5.41) is 7.03. The number of benzene rings is 2. The Kier molecular flexibility index (Phi) is 8.53.